The number of hydrogen-bond donors (Lipinski definition) is 0. The predicted octanol–water partition coefficient (Wildman–Crippen LogP) is 5.09. The lowest BCUT2D eigenvalue weighted by Gasteiger charge is -2.34. The number of rotatable bonds is 5. The summed E-state index contributed by atoms with van der Waals surface area (Å²) in [6, 6.07) is 7.57. The number of piperidine rings is 1. The van der Waals surface area contributed by atoms with Gasteiger partial charge in [-0.25, -0.2) is 14.8 Å². The molecule has 1 aliphatic heterocycles. The SMILES string of the molecule is CC(C)(C)OC(=O)N1CCC[C@H](CCCOc2nc3ccccc3nc2Cl)C1. The molecule has 1 amide bonds. The van der Waals surface area contributed by atoms with Crippen LogP contribution in [0.25, 0.3) is 11.0 Å². The minimum atomic E-state index is -0.460. The van der Waals surface area contributed by atoms with Crippen LogP contribution in [0.4, 0.5) is 4.79 Å². The van der Waals surface area contributed by atoms with Gasteiger partial charge in [-0.05, 0) is 64.5 Å². The third-order valence-electron chi connectivity index (χ3n) is 4.66. The Morgan fingerprint density at radius 3 is 2.68 bits per heavy atom. The third kappa shape index (κ3) is 5.71. The number of para-hydroxylation sites is 2. The summed E-state index contributed by atoms with van der Waals surface area (Å²) in [6.45, 7) is 7.71. The maximum Gasteiger partial charge on any atom is 0.410 e. The monoisotopic (exact) mass is 405 g/mol. The summed E-state index contributed by atoms with van der Waals surface area (Å²) in [5, 5.41) is 0.285. The summed E-state index contributed by atoms with van der Waals surface area (Å²) in [4.78, 5) is 22.9. The largest absolute Gasteiger partial charge is 0.475 e. The number of carbonyl (C=O) groups excluding carboxylic acids is 1. The molecule has 6 nitrogen and oxygen atoms in total. The summed E-state index contributed by atoms with van der Waals surface area (Å²) < 4.78 is 11.3. The number of amides is 1. The fourth-order valence-corrected chi connectivity index (χ4v) is 3.58. The highest BCUT2D eigenvalue weighted by atomic mass is 35.5. The van der Waals surface area contributed by atoms with Gasteiger partial charge in [-0.3, -0.25) is 0 Å². The van der Waals surface area contributed by atoms with E-state index in [2.05, 4.69) is 9.97 Å². The second-order valence-electron chi connectivity index (χ2n) is 8.23. The molecule has 28 heavy (non-hydrogen) atoms. The molecule has 0 spiro atoms. The van der Waals surface area contributed by atoms with Gasteiger partial charge in [-0.2, -0.15) is 0 Å². The van der Waals surface area contributed by atoms with Crippen molar-refractivity contribution in [2.24, 2.45) is 5.92 Å². The molecule has 0 unspecified atom stereocenters. The van der Waals surface area contributed by atoms with E-state index in [-0.39, 0.29) is 11.2 Å². The second-order valence-corrected chi connectivity index (χ2v) is 8.59. The Kier molecular flexibility index (Phi) is 6.60. The number of hydrogen-bond acceptors (Lipinski definition) is 5. The number of carbonyl (C=O) groups is 1. The van der Waals surface area contributed by atoms with Crippen LogP contribution in [0, 0.1) is 5.92 Å². The molecule has 0 aliphatic carbocycles. The molecule has 152 valence electrons. The quantitative estimate of drug-likeness (QED) is 0.648. The van der Waals surface area contributed by atoms with Gasteiger partial charge < -0.3 is 14.4 Å². The van der Waals surface area contributed by atoms with Gasteiger partial charge in [-0.15, -0.1) is 0 Å². The minimum Gasteiger partial charge on any atom is -0.475 e. The molecule has 0 N–H and O–H groups in total. The highest BCUT2D eigenvalue weighted by Gasteiger charge is 2.27. The molecule has 1 fully saturated rings. The molecule has 0 bridgehead atoms. The first kappa shape index (κ1) is 20.6. The van der Waals surface area contributed by atoms with Gasteiger partial charge in [0.15, 0.2) is 5.15 Å². The molecule has 1 aliphatic rings. The molecule has 0 radical (unpaired) electrons. The van der Waals surface area contributed by atoms with Gasteiger partial charge in [0.2, 0.25) is 0 Å². The molecular formula is C21H28ClN3O3. The van der Waals surface area contributed by atoms with Crippen LogP contribution in [0.2, 0.25) is 5.15 Å². The van der Waals surface area contributed by atoms with Crippen LogP contribution in [0.5, 0.6) is 5.88 Å². The summed E-state index contributed by atoms with van der Waals surface area (Å²) in [5.74, 6) is 0.836. The van der Waals surface area contributed by atoms with Crippen molar-refractivity contribution in [1.29, 1.82) is 0 Å². The Hall–Kier alpha value is -2.08. The highest BCUT2D eigenvalue weighted by molar-refractivity contribution is 6.31. The van der Waals surface area contributed by atoms with E-state index < -0.39 is 5.60 Å². The van der Waals surface area contributed by atoms with Crippen LogP contribution in [0.1, 0.15) is 46.5 Å². The van der Waals surface area contributed by atoms with Crippen molar-refractivity contribution in [2.45, 2.75) is 52.1 Å². The molecule has 0 saturated carbocycles. The summed E-state index contributed by atoms with van der Waals surface area (Å²) >= 11 is 6.18. The van der Waals surface area contributed by atoms with Crippen LogP contribution < -0.4 is 4.74 Å². The van der Waals surface area contributed by atoms with Crippen LogP contribution in [0.15, 0.2) is 24.3 Å². The minimum absolute atomic E-state index is 0.216. The topological polar surface area (TPSA) is 64.5 Å². The molecule has 1 atom stereocenters. The zero-order chi connectivity index (χ0) is 20.1. The lowest BCUT2D eigenvalue weighted by atomic mass is 9.94. The lowest BCUT2D eigenvalue weighted by Crippen LogP contribution is -2.42. The summed E-state index contributed by atoms with van der Waals surface area (Å²) in [7, 11) is 0. The van der Waals surface area contributed by atoms with E-state index in [1.807, 2.05) is 49.9 Å². The standard InChI is InChI=1S/C21H28ClN3O3/c1-21(2,3)28-20(26)25-12-6-8-15(14-25)9-7-13-27-19-18(22)23-16-10-4-5-11-17(16)24-19/h4-5,10-11,15H,6-9,12-14H2,1-3H3/t15-/m1/s1. The van der Waals surface area contributed by atoms with Crippen molar-refractivity contribution in [1.82, 2.24) is 14.9 Å². The molecular weight excluding hydrogens is 378 g/mol. The number of aromatic nitrogens is 2. The Morgan fingerprint density at radius 1 is 1.25 bits per heavy atom. The van der Waals surface area contributed by atoms with Crippen molar-refractivity contribution in [2.75, 3.05) is 19.7 Å². The number of halogens is 1. The van der Waals surface area contributed by atoms with Crippen LogP contribution in [-0.2, 0) is 4.74 Å². The average Bonchev–Trinajstić information content (AvgIpc) is 2.64. The van der Waals surface area contributed by atoms with Gasteiger partial charge in [-0.1, -0.05) is 23.7 Å². The molecule has 2 aromatic rings. The fraction of sp³-hybridized carbons (Fsp3) is 0.571. The van der Waals surface area contributed by atoms with E-state index >= 15 is 0 Å². The predicted molar refractivity (Wildman–Crippen MR) is 110 cm³/mol. The van der Waals surface area contributed by atoms with E-state index in [1.54, 1.807) is 0 Å². The van der Waals surface area contributed by atoms with Crippen molar-refractivity contribution >= 4 is 28.7 Å². The number of likely N-dealkylation sites (tertiary alicyclic amines) is 1. The molecule has 7 heteroatoms. The van der Waals surface area contributed by atoms with E-state index in [0.717, 1.165) is 49.8 Å². The van der Waals surface area contributed by atoms with Gasteiger partial charge in [0.1, 0.15) is 5.60 Å². The molecule has 1 aromatic heterocycles. The van der Waals surface area contributed by atoms with Crippen molar-refractivity contribution in [3.63, 3.8) is 0 Å². The Bertz CT molecular complexity index is 822. The first-order valence-corrected chi connectivity index (χ1v) is 10.2. The number of nitrogens with zero attached hydrogens (tertiary/aromatic N) is 3. The van der Waals surface area contributed by atoms with Crippen LogP contribution >= 0.6 is 11.6 Å². The lowest BCUT2D eigenvalue weighted by molar-refractivity contribution is 0.0159. The Balaban J connectivity index is 1.46. The number of ether oxygens (including phenoxy) is 2. The zero-order valence-electron chi connectivity index (χ0n) is 16.8. The van der Waals surface area contributed by atoms with E-state index in [9.17, 15) is 4.79 Å². The van der Waals surface area contributed by atoms with E-state index in [1.165, 1.54) is 0 Å². The van der Waals surface area contributed by atoms with Gasteiger partial charge in [0.05, 0.1) is 17.6 Å². The average molecular weight is 406 g/mol. The van der Waals surface area contributed by atoms with Crippen LogP contribution in [-0.4, -0.2) is 46.3 Å². The van der Waals surface area contributed by atoms with Gasteiger partial charge in [0.25, 0.3) is 5.88 Å². The Morgan fingerprint density at radius 2 is 1.96 bits per heavy atom. The maximum atomic E-state index is 12.3. The molecule has 3 rings (SSSR count). The van der Waals surface area contributed by atoms with E-state index in [4.69, 9.17) is 21.1 Å². The van der Waals surface area contributed by atoms with E-state index in [0.29, 0.717) is 18.4 Å². The maximum absolute atomic E-state index is 12.3. The second kappa shape index (κ2) is 8.95. The smallest absolute Gasteiger partial charge is 0.410 e. The fourth-order valence-electron chi connectivity index (χ4n) is 3.39. The van der Waals surface area contributed by atoms with Crippen molar-refractivity contribution < 1.29 is 14.3 Å². The molecule has 1 saturated heterocycles. The number of benzene rings is 1. The first-order valence-electron chi connectivity index (χ1n) is 9.85. The summed E-state index contributed by atoms with van der Waals surface area (Å²) in [5.41, 5.74) is 1.06. The van der Waals surface area contributed by atoms with Gasteiger partial charge >= 0.3 is 6.09 Å². The van der Waals surface area contributed by atoms with Crippen LogP contribution in [0.3, 0.4) is 0 Å². The molecule has 2 heterocycles. The highest BCUT2D eigenvalue weighted by Crippen LogP contribution is 2.25. The Labute approximate surface area is 171 Å². The normalized spacial score (nSPS) is 17.6. The summed E-state index contributed by atoms with van der Waals surface area (Å²) in [6.07, 6.45) is 3.77. The van der Waals surface area contributed by atoms with Crippen molar-refractivity contribution in [3.8, 4) is 5.88 Å². The zero-order valence-corrected chi connectivity index (χ0v) is 17.5. The van der Waals surface area contributed by atoms with Crippen molar-refractivity contribution in [3.05, 3.63) is 29.4 Å². The third-order valence-corrected chi connectivity index (χ3v) is 4.91. The molecule has 1 aromatic carbocycles. The van der Waals surface area contributed by atoms with Gasteiger partial charge in [0, 0.05) is 13.1 Å². The number of fused-ring (bicyclic) bond motifs is 1. The first-order chi connectivity index (χ1) is 13.3.